The van der Waals surface area contributed by atoms with E-state index in [0.717, 1.165) is 5.13 Å². The van der Waals surface area contributed by atoms with Crippen molar-refractivity contribution in [2.24, 2.45) is 5.92 Å². The van der Waals surface area contributed by atoms with Crippen LogP contribution in [-0.2, 0) is 0 Å². The number of aromatic nitrogens is 1. The van der Waals surface area contributed by atoms with E-state index in [9.17, 15) is 4.79 Å². The molecule has 1 aromatic rings. The number of Topliss-reactive ketones (excluding diaryl/α,β-unsaturated/α-hetero) is 1. The van der Waals surface area contributed by atoms with Gasteiger partial charge in [0.05, 0.1) is 0 Å². The van der Waals surface area contributed by atoms with Crippen LogP contribution in [0.15, 0.2) is 5.38 Å². The number of carbonyl (C=O) groups excluding carboxylic acids is 1. The first-order valence-electron chi connectivity index (χ1n) is 4.19. The molecule has 0 aliphatic rings. The average molecular weight is 198 g/mol. The van der Waals surface area contributed by atoms with Gasteiger partial charge in [-0.25, -0.2) is 4.98 Å². The van der Waals surface area contributed by atoms with Crippen LogP contribution in [0.4, 0.5) is 5.13 Å². The van der Waals surface area contributed by atoms with Crippen molar-refractivity contribution in [1.29, 1.82) is 0 Å². The van der Waals surface area contributed by atoms with E-state index in [1.54, 1.807) is 0 Å². The van der Waals surface area contributed by atoms with Gasteiger partial charge in [0.2, 0.25) is 0 Å². The quantitative estimate of drug-likeness (QED) is 0.697. The van der Waals surface area contributed by atoms with Crippen LogP contribution < -0.4 is 4.90 Å². The van der Waals surface area contributed by atoms with E-state index in [1.165, 1.54) is 11.3 Å². The fourth-order valence-corrected chi connectivity index (χ4v) is 1.63. The van der Waals surface area contributed by atoms with E-state index in [-0.39, 0.29) is 11.7 Å². The Bertz CT molecular complexity index is 304. The smallest absolute Gasteiger partial charge is 0.185 e. The Morgan fingerprint density at radius 3 is 2.54 bits per heavy atom. The molecular formula is C9H14N2OS. The summed E-state index contributed by atoms with van der Waals surface area (Å²) in [5.74, 6) is 0.140. The molecule has 0 saturated carbocycles. The van der Waals surface area contributed by atoms with E-state index in [2.05, 4.69) is 4.98 Å². The molecule has 0 bridgehead atoms. The van der Waals surface area contributed by atoms with Crippen molar-refractivity contribution >= 4 is 22.3 Å². The molecule has 0 atom stereocenters. The van der Waals surface area contributed by atoms with Gasteiger partial charge in [-0.15, -0.1) is 11.3 Å². The van der Waals surface area contributed by atoms with Crippen LogP contribution in [0.5, 0.6) is 0 Å². The van der Waals surface area contributed by atoms with Crippen LogP contribution >= 0.6 is 11.3 Å². The number of hydrogen-bond donors (Lipinski definition) is 0. The zero-order valence-corrected chi connectivity index (χ0v) is 9.18. The zero-order chi connectivity index (χ0) is 10.0. The highest BCUT2D eigenvalue weighted by molar-refractivity contribution is 7.13. The predicted octanol–water partition coefficient (Wildman–Crippen LogP) is 2.05. The number of ketones is 1. The highest BCUT2D eigenvalue weighted by atomic mass is 32.1. The lowest BCUT2D eigenvalue weighted by molar-refractivity contribution is 0.0935. The Morgan fingerprint density at radius 1 is 1.54 bits per heavy atom. The third-order valence-electron chi connectivity index (χ3n) is 1.65. The fourth-order valence-electron chi connectivity index (χ4n) is 0.879. The zero-order valence-electron chi connectivity index (χ0n) is 8.37. The lowest BCUT2D eigenvalue weighted by atomic mass is 10.1. The number of anilines is 1. The summed E-state index contributed by atoms with van der Waals surface area (Å²) >= 11 is 1.50. The van der Waals surface area contributed by atoms with Gasteiger partial charge >= 0.3 is 0 Å². The topological polar surface area (TPSA) is 33.2 Å². The molecule has 0 spiro atoms. The largest absolute Gasteiger partial charge is 0.354 e. The third kappa shape index (κ3) is 2.28. The monoisotopic (exact) mass is 198 g/mol. The van der Waals surface area contributed by atoms with Gasteiger partial charge in [-0.05, 0) is 0 Å². The second kappa shape index (κ2) is 3.87. The van der Waals surface area contributed by atoms with Crippen molar-refractivity contribution < 1.29 is 4.79 Å². The second-order valence-electron chi connectivity index (χ2n) is 3.43. The first-order chi connectivity index (χ1) is 6.02. The number of hydrogen-bond acceptors (Lipinski definition) is 4. The number of carbonyl (C=O) groups is 1. The molecule has 1 heterocycles. The molecule has 0 aromatic carbocycles. The normalized spacial score (nSPS) is 10.5. The predicted molar refractivity (Wildman–Crippen MR) is 55.6 cm³/mol. The molecule has 1 aromatic heterocycles. The van der Waals surface area contributed by atoms with Crippen molar-refractivity contribution in [3.05, 3.63) is 11.1 Å². The Balaban J connectivity index is 2.86. The van der Waals surface area contributed by atoms with Gasteiger partial charge in [0.15, 0.2) is 10.9 Å². The molecule has 0 aliphatic heterocycles. The Hall–Kier alpha value is -0.900. The molecule has 72 valence electrons. The fraction of sp³-hybridized carbons (Fsp3) is 0.556. The van der Waals surface area contributed by atoms with Crippen LogP contribution in [-0.4, -0.2) is 24.9 Å². The average Bonchev–Trinajstić information content (AvgIpc) is 2.50. The van der Waals surface area contributed by atoms with Gasteiger partial charge < -0.3 is 4.90 Å². The molecule has 1 rings (SSSR count). The molecule has 0 radical (unpaired) electrons. The minimum Gasteiger partial charge on any atom is -0.354 e. The molecular weight excluding hydrogens is 184 g/mol. The minimum atomic E-state index is 0.0251. The van der Waals surface area contributed by atoms with Gasteiger partial charge in [-0.3, -0.25) is 4.79 Å². The Morgan fingerprint density at radius 2 is 2.15 bits per heavy atom. The highest BCUT2D eigenvalue weighted by Crippen LogP contribution is 2.19. The van der Waals surface area contributed by atoms with E-state index >= 15 is 0 Å². The summed E-state index contributed by atoms with van der Waals surface area (Å²) in [5, 5.41) is 2.70. The van der Waals surface area contributed by atoms with Gasteiger partial charge in [-0.1, -0.05) is 13.8 Å². The summed E-state index contributed by atoms with van der Waals surface area (Å²) in [6.07, 6.45) is 0. The van der Waals surface area contributed by atoms with E-state index in [1.807, 2.05) is 38.2 Å². The first kappa shape index (κ1) is 10.2. The maximum Gasteiger partial charge on any atom is 0.185 e. The Labute approximate surface area is 82.4 Å². The number of thiazole rings is 1. The van der Waals surface area contributed by atoms with Crippen LogP contribution in [0, 0.1) is 5.92 Å². The van der Waals surface area contributed by atoms with Crippen molar-refractivity contribution in [2.45, 2.75) is 13.8 Å². The highest BCUT2D eigenvalue weighted by Gasteiger charge is 2.14. The lowest BCUT2D eigenvalue weighted by Crippen LogP contribution is -2.11. The van der Waals surface area contributed by atoms with Crippen molar-refractivity contribution in [3.63, 3.8) is 0 Å². The van der Waals surface area contributed by atoms with Crippen molar-refractivity contribution in [2.75, 3.05) is 19.0 Å². The van der Waals surface area contributed by atoms with Crippen LogP contribution in [0.2, 0.25) is 0 Å². The summed E-state index contributed by atoms with van der Waals surface area (Å²) in [6.45, 7) is 3.77. The molecule has 13 heavy (non-hydrogen) atoms. The minimum absolute atomic E-state index is 0.0251. The molecule has 4 heteroatoms. The van der Waals surface area contributed by atoms with Gasteiger partial charge in [-0.2, -0.15) is 0 Å². The summed E-state index contributed by atoms with van der Waals surface area (Å²) in [4.78, 5) is 17.6. The number of rotatable bonds is 3. The lowest BCUT2D eigenvalue weighted by Gasteiger charge is -2.05. The summed E-state index contributed by atoms with van der Waals surface area (Å²) in [5.41, 5.74) is 0.587. The summed E-state index contributed by atoms with van der Waals surface area (Å²) < 4.78 is 0. The van der Waals surface area contributed by atoms with Gasteiger partial charge in [0.1, 0.15) is 5.69 Å². The maximum atomic E-state index is 11.5. The van der Waals surface area contributed by atoms with Crippen molar-refractivity contribution in [1.82, 2.24) is 4.98 Å². The van der Waals surface area contributed by atoms with E-state index in [0.29, 0.717) is 5.69 Å². The van der Waals surface area contributed by atoms with Crippen molar-refractivity contribution in [3.8, 4) is 0 Å². The number of nitrogens with zero attached hydrogens (tertiary/aromatic N) is 2. The standard InChI is InChI=1S/C9H14N2OS/c1-6(2)8(12)7-5-13-9(10-7)11(3)4/h5-6H,1-4H3. The third-order valence-corrected chi connectivity index (χ3v) is 2.66. The second-order valence-corrected chi connectivity index (χ2v) is 4.27. The van der Waals surface area contributed by atoms with Crippen LogP contribution in [0.1, 0.15) is 24.3 Å². The summed E-state index contributed by atoms with van der Waals surface area (Å²) in [7, 11) is 3.84. The molecule has 0 N–H and O–H groups in total. The molecule has 0 amide bonds. The molecule has 0 unspecified atom stereocenters. The van der Waals surface area contributed by atoms with E-state index in [4.69, 9.17) is 0 Å². The molecule has 0 saturated heterocycles. The first-order valence-corrected chi connectivity index (χ1v) is 5.07. The van der Waals surface area contributed by atoms with Crippen LogP contribution in [0.25, 0.3) is 0 Å². The SMILES string of the molecule is CC(C)C(=O)c1csc(N(C)C)n1. The maximum absolute atomic E-state index is 11.5. The van der Waals surface area contributed by atoms with Crippen LogP contribution in [0.3, 0.4) is 0 Å². The molecule has 3 nitrogen and oxygen atoms in total. The Kier molecular flexibility index (Phi) is 3.03. The van der Waals surface area contributed by atoms with Gasteiger partial charge in [0, 0.05) is 25.4 Å². The van der Waals surface area contributed by atoms with E-state index < -0.39 is 0 Å². The summed E-state index contributed by atoms with van der Waals surface area (Å²) in [6, 6.07) is 0. The van der Waals surface area contributed by atoms with Gasteiger partial charge in [0.25, 0.3) is 0 Å². The molecule has 0 fully saturated rings. The molecule has 0 aliphatic carbocycles.